The maximum absolute atomic E-state index is 12.0. The molecule has 1 aromatic carbocycles. The molecule has 1 heterocycles. The Balaban J connectivity index is 1.92. The van der Waals surface area contributed by atoms with Gasteiger partial charge in [0.25, 0.3) is 0 Å². The number of thiazole rings is 1. The summed E-state index contributed by atoms with van der Waals surface area (Å²) in [7, 11) is -3.41. The monoisotopic (exact) mass is 310 g/mol. The molecule has 0 radical (unpaired) electrons. The van der Waals surface area contributed by atoms with Gasteiger partial charge in [-0.05, 0) is 18.1 Å². The molecular weight excluding hydrogens is 292 g/mol. The first-order valence-electron chi connectivity index (χ1n) is 6.48. The van der Waals surface area contributed by atoms with Gasteiger partial charge in [0.2, 0.25) is 10.0 Å². The van der Waals surface area contributed by atoms with Gasteiger partial charge in [0.15, 0.2) is 0 Å². The first-order chi connectivity index (χ1) is 9.49. The second-order valence-electron chi connectivity index (χ2n) is 4.78. The average Bonchev–Trinajstić information content (AvgIpc) is 2.89. The van der Waals surface area contributed by atoms with Gasteiger partial charge < -0.3 is 0 Å². The third-order valence-electron chi connectivity index (χ3n) is 2.85. The summed E-state index contributed by atoms with van der Waals surface area (Å²) in [6.45, 7) is 4.55. The molecule has 0 spiro atoms. The zero-order chi connectivity index (χ0) is 14.6. The maximum atomic E-state index is 12.0. The van der Waals surface area contributed by atoms with Crippen LogP contribution in [-0.2, 0) is 16.4 Å². The van der Waals surface area contributed by atoms with E-state index in [1.165, 1.54) is 0 Å². The van der Waals surface area contributed by atoms with Crippen molar-refractivity contribution in [2.75, 3.05) is 6.54 Å². The fourth-order valence-corrected chi connectivity index (χ4v) is 3.69. The zero-order valence-electron chi connectivity index (χ0n) is 11.5. The van der Waals surface area contributed by atoms with E-state index in [9.17, 15) is 8.42 Å². The van der Waals surface area contributed by atoms with E-state index >= 15 is 0 Å². The van der Waals surface area contributed by atoms with Gasteiger partial charge in [0.1, 0.15) is 0 Å². The lowest BCUT2D eigenvalue weighted by Crippen LogP contribution is -2.25. The minimum absolute atomic E-state index is 0.294. The van der Waals surface area contributed by atoms with Gasteiger partial charge >= 0.3 is 0 Å². The summed E-state index contributed by atoms with van der Waals surface area (Å²) in [6, 6.07) is 8.39. The summed E-state index contributed by atoms with van der Waals surface area (Å²) in [5, 5.41) is 3.00. The number of hydrogen-bond acceptors (Lipinski definition) is 4. The third-order valence-corrected chi connectivity index (χ3v) is 5.25. The molecular formula is C14H18N2O2S2. The van der Waals surface area contributed by atoms with Crippen LogP contribution in [0.25, 0.3) is 0 Å². The first-order valence-corrected chi connectivity index (χ1v) is 8.84. The Morgan fingerprint density at radius 3 is 2.55 bits per heavy atom. The fraction of sp³-hybridized carbons (Fsp3) is 0.357. The largest absolute Gasteiger partial charge is 0.246 e. The number of nitrogens with zero attached hydrogens (tertiary/aromatic N) is 1. The highest BCUT2D eigenvalue weighted by molar-refractivity contribution is 7.89. The van der Waals surface area contributed by atoms with Crippen molar-refractivity contribution in [1.82, 2.24) is 9.71 Å². The summed E-state index contributed by atoms with van der Waals surface area (Å²) in [6.07, 6.45) is 0.615. The number of benzene rings is 1. The summed E-state index contributed by atoms with van der Waals surface area (Å²) >= 11 is 1.58. The highest BCUT2D eigenvalue weighted by atomic mass is 32.2. The number of aromatic nitrogens is 1. The van der Waals surface area contributed by atoms with Gasteiger partial charge in [-0.3, -0.25) is 0 Å². The van der Waals surface area contributed by atoms with Gasteiger partial charge in [-0.2, -0.15) is 0 Å². The van der Waals surface area contributed by atoms with Gasteiger partial charge in [0, 0.05) is 18.3 Å². The number of sulfonamides is 1. The molecule has 20 heavy (non-hydrogen) atoms. The van der Waals surface area contributed by atoms with E-state index < -0.39 is 10.0 Å². The Kier molecular flexibility index (Phi) is 4.91. The van der Waals surface area contributed by atoms with Crippen molar-refractivity contribution in [3.05, 3.63) is 46.4 Å². The fourth-order valence-electron chi connectivity index (χ4n) is 1.68. The molecule has 0 fully saturated rings. The van der Waals surface area contributed by atoms with E-state index in [0.717, 1.165) is 10.7 Å². The van der Waals surface area contributed by atoms with Crippen molar-refractivity contribution < 1.29 is 8.42 Å². The SMILES string of the molecule is CC(C)c1csc(CCNS(=O)(=O)c2ccccc2)n1. The number of rotatable bonds is 6. The van der Waals surface area contributed by atoms with Crippen LogP contribution in [0.3, 0.4) is 0 Å². The molecule has 108 valence electrons. The number of nitrogens with one attached hydrogen (secondary N) is 1. The summed E-state index contributed by atoms with van der Waals surface area (Å²) < 4.78 is 26.6. The number of hydrogen-bond donors (Lipinski definition) is 1. The Morgan fingerprint density at radius 2 is 1.95 bits per heavy atom. The summed E-state index contributed by atoms with van der Waals surface area (Å²) in [5.41, 5.74) is 1.07. The van der Waals surface area contributed by atoms with Crippen LogP contribution in [0.1, 0.15) is 30.5 Å². The Hall–Kier alpha value is -1.24. The van der Waals surface area contributed by atoms with Crippen molar-refractivity contribution in [3.63, 3.8) is 0 Å². The molecule has 0 unspecified atom stereocenters. The standard InChI is InChI=1S/C14H18N2O2S2/c1-11(2)13-10-19-14(16-13)8-9-15-20(17,18)12-6-4-3-5-7-12/h3-7,10-11,15H,8-9H2,1-2H3. The van der Waals surface area contributed by atoms with Crippen molar-refractivity contribution in [3.8, 4) is 0 Å². The molecule has 0 bridgehead atoms. The van der Waals surface area contributed by atoms with Crippen molar-refractivity contribution >= 4 is 21.4 Å². The average molecular weight is 310 g/mol. The van der Waals surface area contributed by atoms with Crippen LogP contribution in [0.4, 0.5) is 0 Å². The lowest BCUT2D eigenvalue weighted by Gasteiger charge is -2.05. The quantitative estimate of drug-likeness (QED) is 0.892. The Bertz CT molecular complexity index is 649. The van der Waals surface area contributed by atoms with Crippen LogP contribution < -0.4 is 4.72 Å². The van der Waals surface area contributed by atoms with E-state index in [0.29, 0.717) is 23.8 Å². The summed E-state index contributed by atoms with van der Waals surface area (Å²) in [4.78, 5) is 4.78. The molecule has 0 aliphatic rings. The van der Waals surface area contributed by atoms with Crippen LogP contribution in [0.5, 0.6) is 0 Å². The molecule has 4 nitrogen and oxygen atoms in total. The molecule has 0 saturated heterocycles. The van der Waals surface area contributed by atoms with Crippen LogP contribution in [0.15, 0.2) is 40.6 Å². The predicted octanol–water partition coefficient (Wildman–Crippen LogP) is 2.79. The maximum Gasteiger partial charge on any atom is 0.240 e. The van der Waals surface area contributed by atoms with Crippen LogP contribution in [0.2, 0.25) is 0 Å². The Labute approximate surface area is 123 Å². The lowest BCUT2D eigenvalue weighted by molar-refractivity contribution is 0.581. The molecule has 0 aliphatic heterocycles. The topological polar surface area (TPSA) is 59.1 Å². The normalized spacial score (nSPS) is 11.9. The second kappa shape index (κ2) is 6.47. The first kappa shape index (κ1) is 15.2. The van der Waals surface area contributed by atoms with Gasteiger partial charge in [-0.25, -0.2) is 18.1 Å². The Morgan fingerprint density at radius 1 is 1.25 bits per heavy atom. The van der Waals surface area contributed by atoms with Crippen molar-refractivity contribution in [1.29, 1.82) is 0 Å². The smallest absolute Gasteiger partial charge is 0.240 e. The minimum Gasteiger partial charge on any atom is -0.246 e. The summed E-state index contributed by atoms with van der Waals surface area (Å²) in [5.74, 6) is 0.404. The highest BCUT2D eigenvalue weighted by Crippen LogP contribution is 2.18. The second-order valence-corrected chi connectivity index (χ2v) is 7.49. The minimum atomic E-state index is -3.41. The molecule has 0 saturated carbocycles. The molecule has 0 amide bonds. The molecule has 1 N–H and O–H groups in total. The van der Waals surface area contributed by atoms with Crippen LogP contribution in [0, 0.1) is 0 Å². The highest BCUT2D eigenvalue weighted by Gasteiger charge is 2.13. The molecule has 0 aliphatic carbocycles. The third kappa shape index (κ3) is 3.88. The van der Waals surface area contributed by atoms with E-state index in [2.05, 4.69) is 23.6 Å². The predicted molar refractivity (Wildman–Crippen MR) is 81.5 cm³/mol. The van der Waals surface area contributed by atoms with Gasteiger partial charge in [0.05, 0.1) is 15.6 Å². The van der Waals surface area contributed by atoms with Crippen molar-refractivity contribution in [2.45, 2.75) is 31.1 Å². The van der Waals surface area contributed by atoms with Gasteiger partial charge in [-0.1, -0.05) is 32.0 Å². The lowest BCUT2D eigenvalue weighted by atomic mass is 10.2. The van der Waals surface area contributed by atoms with E-state index in [4.69, 9.17) is 0 Å². The molecule has 1 aromatic heterocycles. The molecule has 6 heteroatoms. The molecule has 2 aromatic rings. The van der Waals surface area contributed by atoms with E-state index in [1.54, 1.807) is 41.7 Å². The zero-order valence-corrected chi connectivity index (χ0v) is 13.2. The van der Waals surface area contributed by atoms with Crippen molar-refractivity contribution in [2.24, 2.45) is 0 Å². The van der Waals surface area contributed by atoms with Gasteiger partial charge in [-0.15, -0.1) is 11.3 Å². The molecule has 2 rings (SSSR count). The van der Waals surface area contributed by atoms with E-state index in [1.807, 2.05) is 5.38 Å². The molecule has 0 atom stereocenters. The van der Waals surface area contributed by atoms with Crippen LogP contribution in [-0.4, -0.2) is 19.9 Å². The van der Waals surface area contributed by atoms with E-state index in [-0.39, 0.29) is 0 Å². The van der Waals surface area contributed by atoms with Crippen LogP contribution >= 0.6 is 11.3 Å².